The van der Waals surface area contributed by atoms with E-state index in [2.05, 4.69) is 27.9 Å². The van der Waals surface area contributed by atoms with Gasteiger partial charge >= 0.3 is 0 Å². The number of carbonyl (C=O) groups excluding carboxylic acids is 1. The van der Waals surface area contributed by atoms with Gasteiger partial charge in [-0.3, -0.25) is 4.79 Å². The first-order valence-electron chi connectivity index (χ1n) is 6.49. The van der Waals surface area contributed by atoms with E-state index in [0.717, 1.165) is 28.8 Å². The number of halogens is 1. The van der Waals surface area contributed by atoms with Gasteiger partial charge in [-0.05, 0) is 61.0 Å². The molecule has 3 nitrogen and oxygen atoms in total. The summed E-state index contributed by atoms with van der Waals surface area (Å²) in [5.41, 5.74) is 0.818. The molecule has 0 radical (unpaired) electrons. The lowest BCUT2D eigenvalue weighted by Gasteiger charge is -2.25. The number of nitrogens with zero attached hydrogens (tertiary/aromatic N) is 1. The Morgan fingerprint density at radius 3 is 2.89 bits per heavy atom. The van der Waals surface area contributed by atoms with Crippen LogP contribution in [0, 0.1) is 3.57 Å². The zero-order valence-electron chi connectivity index (χ0n) is 10.7. The molecule has 1 atom stereocenters. The van der Waals surface area contributed by atoms with Crippen molar-refractivity contribution in [2.24, 2.45) is 0 Å². The minimum Gasteiger partial charge on any atom is -0.337 e. The van der Waals surface area contributed by atoms with E-state index in [9.17, 15) is 4.79 Å². The third kappa shape index (κ3) is 3.23. The van der Waals surface area contributed by atoms with E-state index < -0.39 is 0 Å². The summed E-state index contributed by atoms with van der Waals surface area (Å²) in [6.07, 6.45) is 2.40. The molecule has 0 saturated carbocycles. The Labute approximate surface area is 122 Å². The summed E-state index contributed by atoms with van der Waals surface area (Å²) in [5, 5.41) is 3.45. The van der Waals surface area contributed by atoms with Crippen molar-refractivity contribution in [3.8, 4) is 0 Å². The molecule has 0 bridgehead atoms. The molecule has 4 heteroatoms. The molecular formula is C14H19IN2O. The molecule has 1 aliphatic heterocycles. The van der Waals surface area contributed by atoms with Gasteiger partial charge in [-0.1, -0.05) is 12.1 Å². The van der Waals surface area contributed by atoms with Gasteiger partial charge in [0.25, 0.3) is 5.91 Å². The van der Waals surface area contributed by atoms with Crippen LogP contribution < -0.4 is 5.32 Å². The van der Waals surface area contributed by atoms with Crippen molar-refractivity contribution in [3.63, 3.8) is 0 Å². The molecule has 1 aromatic rings. The van der Waals surface area contributed by atoms with E-state index in [0.29, 0.717) is 6.04 Å². The van der Waals surface area contributed by atoms with Gasteiger partial charge in [0.2, 0.25) is 0 Å². The van der Waals surface area contributed by atoms with Crippen LogP contribution >= 0.6 is 22.6 Å². The van der Waals surface area contributed by atoms with Gasteiger partial charge in [-0.25, -0.2) is 0 Å². The fraction of sp³-hybridized carbons (Fsp3) is 0.500. The summed E-state index contributed by atoms with van der Waals surface area (Å²) in [5.74, 6) is 0.149. The van der Waals surface area contributed by atoms with Gasteiger partial charge < -0.3 is 10.2 Å². The van der Waals surface area contributed by atoms with Crippen molar-refractivity contribution >= 4 is 28.5 Å². The van der Waals surface area contributed by atoms with Gasteiger partial charge in [0, 0.05) is 22.7 Å². The summed E-state index contributed by atoms with van der Waals surface area (Å²) < 4.78 is 1.03. The number of hydrogen-bond donors (Lipinski definition) is 1. The zero-order valence-corrected chi connectivity index (χ0v) is 12.8. The quantitative estimate of drug-likeness (QED) is 0.839. The molecule has 1 saturated heterocycles. The molecular weight excluding hydrogens is 339 g/mol. The van der Waals surface area contributed by atoms with E-state index in [1.165, 1.54) is 12.8 Å². The van der Waals surface area contributed by atoms with Crippen LogP contribution in [0.4, 0.5) is 0 Å². The van der Waals surface area contributed by atoms with Crippen LogP contribution in [0.15, 0.2) is 24.3 Å². The second kappa shape index (κ2) is 6.52. The van der Waals surface area contributed by atoms with Gasteiger partial charge in [-0.15, -0.1) is 0 Å². The summed E-state index contributed by atoms with van der Waals surface area (Å²) >= 11 is 2.23. The summed E-state index contributed by atoms with van der Waals surface area (Å²) in [6.45, 7) is 4.71. The molecule has 0 aromatic heterocycles. The minimum absolute atomic E-state index is 0.149. The first kappa shape index (κ1) is 13.8. The van der Waals surface area contributed by atoms with Crippen molar-refractivity contribution in [2.45, 2.75) is 25.8 Å². The predicted molar refractivity (Wildman–Crippen MR) is 81.8 cm³/mol. The van der Waals surface area contributed by atoms with Crippen molar-refractivity contribution in [2.75, 3.05) is 19.6 Å². The first-order valence-corrected chi connectivity index (χ1v) is 7.57. The highest BCUT2D eigenvalue weighted by Crippen LogP contribution is 2.15. The molecule has 98 valence electrons. The van der Waals surface area contributed by atoms with E-state index in [1.807, 2.05) is 36.1 Å². The Morgan fingerprint density at radius 1 is 1.50 bits per heavy atom. The second-order valence-electron chi connectivity index (χ2n) is 4.62. The lowest BCUT2D eigenvalue weighted by Crippen LogP contribution is -2.41. The minimum atomic E-state index is 0.149. The van der Waals surface area contributed by atoms with Gasteiger partial charge in [0.05, 0.1) is 5.56 Å². The molecule has 0 spiro atoms. The number of likely N-dealkylation sites (N-methyl/N-ethyl adjacent to an activating group) is 1. The second-order valence-corrected chi connectivity index (χ2v) is 5.78. The van der Waals surface area contributed by atoms with E-state index in [4.69, 9.17) is 0 Å². The number of rotatable bonds is 4. The van der Waals surface area contributed by atoms with E-state index in [-0.39, 0.29) is 5.91 Å². The SMILES string of the molecule is CCN(CC1CCCN1)C(=O)c1ccccc1I. The average Bonchev–Trinajstić information content (AvgIpc) is 2.88. The topological polar surface area (TPSA) is 32.3 Å². The van der Waals surface area contributed by atoms with Crippen LogP contribution in [0.5, 0.6) is 0 Å². The number of carbonyl (C=O) groups is 1. The summed E-state index contributed by atoms with van der Waals surface area (Å²) in [7, 11) is 0. The molecule has 18 heavy (non-hydrogen) atoms. The van der Waals surface area contributed by atoms with Crippen molar-refractivity contribution in [3.05, 3.63) is 33.4 Å². The summed E-state index contributed by atoms with van der Waals surface area (Å²) in [4.78, 5) is 14.4. The lowest BCUT2D eigenvalue weighted by molar-refractivity contribution is 0.0750. The van der Waals surface area contributed by atoms with Crippen LogP contribution in [0.25, 0.3) is 0 Å². The van der Waals surface area contributed by atoms with Crippen LogP contribution in [-0.4, -0.2) is 36.5 Å². The first-order chi connectivity index (χ1) is 8.72. The molecule has 0 aliphatic carbocycles. The number of amides is 1. The van der Waals surface area contributed by atoms with Crippen LogP contribution in [0.3, 0.4) is 0 Å². The number of benzene rings is 1. The third-order valence-electron chi connectivity index (χ3n) is 3.38. The highest BCUT2D eigenvalue weighted by atomic mass is 127. The van der Waals surface area contributed by atoms with Crippen molar-refractivity contribution < 1.29 is 4.79 Å². The Bertz CT molecular complexity index is 416. The molecule has 2 rings (SSSR count). The van der Waals surface area contributed by atoms with Crippen LogP contribution in [0.1, 0.15) is 30.1 Å². The molecule has 1 N–H and O–H groups in total. The molecule has 1 amide bonds. The van der Waals surface area contributed by atoms with Crippen LogP contribution in [0.2, 0.25) is 0 Å². The predicted octanol–water partition coefficient (Wildman–Crippen LogP) is 2.51. The van der Waals surface area contributed by atoms with Crippen molar-refractivity contribution in [1.82, 2.24) is 10.2 Å². The lowest BCUT2D eigenvalue weighted by atomic mass is 10.1. The molecule has 1 aliphatic rings. The fourth-order valence-electron chi connectivity index (χ4n) is 2.34. The van der Waals surface area contributed by atoms with Gasteiger partial charge in [0.15, 0.2) is 0 Å². The smallest absolute Gasteiger partial charge is 0.254 e. The Kier molecular flexibility index (Phi) is 5.00. The highest BCUT2D eigenvalue weighted by molar-refractivity contribution is 14.1. The zero-order chi connectivity index (χ0) is 13.0. The largest absolute Gasteiger partial charge is 0.337 e. The Hall–Kier alpha value is -0.620. The Morgan fingerprint density at radius 2 is 2.28 bits per heavy atom. The molecule has 1 unspecified atom stereocenters. The summed E-state index contributed by atoms with van der Waals surface area (Å²) in [6, 6.07) is 8.25. The number of nitrogens with one attached hydrogen (secondary N) is 1. The fourth-order valence-corrected chi connectivity index (χ4v) is 2.96. The number of hydrogen-bond acceptors (Lipinski definition) is 2. The maximum Gasteiger partial charge on any atom is 0.254 e. The molecule has 1 fully saturated rings. The average molecular weight is 358 g/mol. The molecule has 1 heterocycles. The standard InChI is InChI=1S/C14H19IN2O/c1-2-17(10-11-6-5-9-16-11)14(18)12-7-3-4-8-13(12)15/h3-4,7-8,11,16H,2,5-6,9-10H2,1H3. The Balaban J connectivity index is 2.07. The maximum atomic E-state index is 12.5. The van der Waals surface area contributed by atoms with Crippen LogP contribution in [-0.2, 0) is 0 Å². The monoisotopic (exact) mass is 358 g/mol. The van der Waals surface area contributed by atoms with E-state index in [1.54, 1.807) is 0 Å². The van der Waals surface area contributed by atoms with Gasteiger partial charge in [0.1, 0.15) is 0 Å². The highest BCUT2D eigenvalue weighted by Gasteiger charge is 2.22. The molecule has 1 aromatic carbocycles. The van der Waals surface area contributed by atoms with E-state index >= 15 is 0 Å². The van der Waals surface area contributed by atoms with Gasteiger partial charge in [-0.2, -0.15) is 0 Å². The van der Waals surface area contributed by atoms with Crippen molar-refractivity contribution in [1.29, 1.82) is 0 Å². The maximum absolute atomic E-state index is 12.5. The third-order valence-corrected chi connectivity index (χ3v) is 4.32. The normalized spacial score (nSPS) is 18.9.